The minimum absolute atomic E-state index is 0.0463. The number of hydrogen-bond acceptors (Lipinski definition) is 1. The summed E-state index contributed by atoms with van der Waals surface area (Å²) < 4.78 is 24.6. The standard InChI is InChI=1S/C8H5F2IO2/c9-7(10)4-1-2-5(8(12)13)6(11)3-4/h1-3,7H,(H,12,13). The van der Waals surface area contributed by atoms with Crippen molar-refractivity contribution in [2.45, 2.75) is 6.43 Å². The van der Waals surface area contributed by atoms with Crippen LogP contribution in [0.15, 0.2) is 18.2 Å². The van der Waals surface area contributed by atoms with Gasteiger partial charge in [0.25, 0.3) is 6.43 Å². The summed E-state index contributed by atoms with van der Waals surface area (Å²) >= 11 is 1.72. The van der Waals surface area contributed by atoms with Gasteiger partial charge in [-0.1, -0.05) is 6.07 Å². The molecule has 13 heavy (non-hydrogen) atoms. The fourth-order valence-corrected chi connectivity index (χ4v) is 1.61. The Morgan fingerprint density at radius 2 is 2.08 bits per heavy atom. The Bertz CT molecular complexity index is 339. The predicted octanol–water partition coefficient (Wildman–Crippen LogP) is 2.93. The van der Waals surface area contributed by atoms with E-state index < -0.39 is 12.4 Å². The summed E-state index contributed by atoms with van der Waals surface area (Å²) in [6.07, 6.45) is -2.56. The Morgan fingerprint density at radius 3 is 2.46 bits per heavy atom. The molecule has 0 spiro atoms. The van der Waals surface area contributed by atoms with Crippen LogP contribution in [0, 0.1) is 3.57 Å². The van der Waals surface area contributed by atoms with Gasteiger partial charge in [0.15, 0.2) is 0 Å². The summed E-state index contributed by atoms with van der Waals surface area (Å²) in [4.78, 5) is 10.5. The average Bonchev–Trinajstić information content (AvgIpc) is 2.03. The quantitative estimate of drug-likeness (QED) is 0.852. The van der Waals surface area contributed by atoms with Crippen LogP contribution in [0.1, 0.15) is 22.3 Å². The van der Waals surface area contributed by atoms with Gasteiger partial charge in [0, 0.05) is 9.13 Å². The number of carboxylic acids is 1. The lowest BCUT2D eigenvalue weighted by atomic mass is 10.1. The highest BCUT2D eigenvalue weighted by Gasteiger charge is 2.12. The van der Waals surface area contributed by atoms with Crippen molar-refractivity contribution in [1.82, 2.24) is 0 Å². The zero-order chi connectivity index (χ0) is 10.0. The smallest absolute Gasteiger partial charge is 0.336 e. The van der Waals surface area contributed by atoms with E-state index in [1.54, 1.807) is 22.6 Å². The number of carbonyl (C=O) groups is 1. The zero-order valence-corrected chi connectivity index (χ0v) is 8.46. The van der Waals surface area contributed by atoms with E-state index >= 15 is 0 Å². The maximum absolute atomic E-state index is 12.1. The Labute approximate surface area is 86.7 Å². The van der Waals surface area contributed by atoms with Crippen LogP contribution >= 0.6 is 22.6 Å². The summed E-state index contributed by atoms with van der Waals surface area (Å²) in [7, 11) is 0. The van der Waals surface area contributed by atoms with Crippen molar-refractivity contribution in [2.24, 2.45) is 0 Å². The van der Waals surface area contributed by atoms with E-state index in [1.165, 1.54) is 12.1 Å². The molecule has 0 aliphatic carbocycles. The first-order valence-electron chi connectivity index (χ1n) is 3.33. The molecule has 2 nitrogen and oxygen atoms in total. The van der Waals surface area contributed by atoms with Gasteiger partial charge in [0.1, 0.15) is 0 Å². The first kappa shape index (κ1) is 10.4. The zero-order valence-electron chi connectivity index (χ0n) is 6.30. The van der Waals surface area contributed by atoms with Crippen LogP contribution in [0.4, 0.5) is 8.78 Å². The van der Waals surface area contributed by atoms with Crippen molar-refractivity contribution in [2.75, 3.05) is 0 Å². The van der Waals surface area contributed by atoms with Crippen molar-refractivity contribution in [1.29, 1.82) is 0 Å². The summed E-state index contributed by atoms with van der Waals surface area (Å²) in [5.74, 6) is -1.11. The molecule has 5 heteroatoms. The predicted molar refractivity (Wildman–Crippen MR) is 51.1 cm³/mol. The molecule has 0 unspecified atom stereocenters. The van der Waals surface area contributed by atoms with Gasteiger partial charge in [-0.25, -0.2) is 13.6 Å². The third-order valence-electron chi connectivity index (χ3n) is 1.48. The van der Waals surface area contributed by atoms with Crippen molar-refractivity contribution >= 4 is 28.6 Å². The van der Waals surface area contributed by atoms with Crippen LogP contribution < -0.4 is 0 Å². The largest absolute Gasteiger partial charge is 0.478 e. The fraction of sp³-hybridized carbons (Fsp3) is 0.125. The molecule has 0 saturated carbocycles. The van der Waals surface area contributed by atoms with Gasteiger partial charge in [0.2, 0.25) is 0 Å². The van der Waals surface area contributed by atoms with Gasteiger partial charge in [0.05, 0.1) is 5.56 Å². The number of alkyl halides is 2. The first-order valence-corrected chi connectivity index (χ1v) is 4.41. The van der Waals surface area contributed by atoms with E-state index in [4.69, 9.17) is 5.11 Å². The summed E-state index contributed by atoms with van der Waals surface area (Å²) in [5.41, 5.74) is -0.112. The van der Waals surface area contributed by atoms with Crippen molar-refractivity contribution in [3.05, 3.63) is 32.9 Å². The molecule has 0 fully saturated rings. The van der Waals surface area contributed by atoms with E-state index in [1.807, 2.05) is 0 Å². The van der Waals surface area contributed by atoms with Crippen molar-refractivity contribution < 1.29 is 18.7 Å². The van der Waals surface area contributed by atoms with Crippen LogP contribution in [0.5, 0.6) is 0 Å². The van der Waals surface area contributed by atoms with E-state index in [2.05, 4.69) is 0 Å². The number of hydrogen-bond donors (Lipinski definition) is 1. The molecule has 1 aromatic rings. The van der Waals surface area contributed by atoms with Crippen LogP contribution in [-0.2, 0) is 0 Å². The second-order valence-corrected chi connectivity index (χ2v) is 3.51. The average molecular weight is 298 g/mol. The van der Waals surface area contributed by atoms with Crippen LogP contribution in [-0.4, -0.2) is 11.1 Å². The highest BCUT2D eigenvalue weighted by Crippen LogP contribution is 2.22. The third kappa shape index (κ3) is 2.36. The van der Waals surface area contributed by atoms with Gasteiger partial charge in [-0.05, 0) is 34.7 Å². The molecule has 0 heterocycles. The fourth-order valence-electron chi connectivity index (χ4n) is 0.841. The van der Waals surface area contributed by atoms with E-state index in [0.29, 0.717) is 3.57 Å². The molecule has 0 radical (unpaired) electrons. The van der Waals surface area contributed by atoms with Gasteiger partial charge in [-0.2, -0.15) is 0 Å². The van der Waals surface area contributed by atoms with Gasteiger partial charge >= 0.3 is 5.97 Å². The summed E-state index contributed by atoms with van der Waals surface area (Å²) in [5, 5.41) is 8.60. The summed E-state index contributed by atoms with van der Waals surface area (Å²) in [6, 6.07) is 3.48. The Morgan fingerprint density at radius 1 is 1.46 bits per heavy atom. The minimum Gasteiger partial charge on any atom is -0.478 e. The normalized spacial score (nSPS) is 10.5. The maximum atomic E-state index is 12.1. The summed E-state index contributed by atoms with van der Waals surface area (Å²) in [6.45, 7) is 0. The van der Waals surface area contributed by atoms with Gasteiger partial charge in [-0.3, -0.25) is 0 Å². The minimum atomic E-state index is -2.56. The van der Waals surface area contributed by atoms with E-state index in [-0.39, 0.29) is 11.1 Å². The topological polar surface area (TPSA) is 37.3 Å². The molecule has 1 N–H and O–H groups in total. The second kappa shape index (κ2) is 3.99. The molecule has 1 aromatic carbocycles. The monoisotopic (exact) mass is 298 g/mol. The van der Waals surface area contributed by atoms with E-state index in [0.717, 1.165) is 6.07 Å². The van der Waals surface area contributed by atoms with Crippen LogP contribution in [0.2, 0.25) is 0 Å². The lowest BCUT2D eigenvalue weighted by molar-refractivity contribution is 0.0695. The van der Waals surface area contributed by atoms with E-state index in [9.17, 15) is 13.6 Å². The molecule has 0 aromatic heterocycles. The molecule has 0 bridgehead atoms. The maximum Gasteiger partial charge on any atom is 0.336 e. The van der Waals surface area contributed by atoms with Gasteiger partial charge in [-0.15, -0.1) is 0 Å². The second-order valence-electron chi connectivity index (χ2n) is 2.35. The molecule has 0 atom stereocenters. The number of aromatic carboxylic acids is 1. The Kier molecular flexibility index (Phi) is 3.18. The number of halogens is 3. The Hall–Kier alpha value is -0.720. The molecule has 0 aliphatic rings. The first-order chi connectivity index (χ1) is 6.02. The lowest BCUT2D eigenvalue weighted by Crippen LogP contribution is -2.00. The molecule has 0 aliphatic heterocycles. The molecular weight excluding hydrogens is 293 g/mol. The van der Waals surface area contributed by atoms with Crippen molar-refractivity contribution in [3.63, 3.8) is 0 Å². The lowest BCUT2D eigenvalue weighted by Gasteiger charge is -2.02. The number of benzene rings is 1. The van der Waals surface area contributed by atoms with Crippen LogP contribution in [0.3, 0.4) is 0 Å². The van der Waals surface area contributed by atoms with Crippen LogP contribution in [0.25, 0.3) is 0 Å². The number of rotatable bonds is 2. The molecule has 70 valence electrons. The molecule has 0 saturated heterocycles. The van der Waals surface area contributed by atoms with Crippen molar-refractivity contribution in [3.8, 4) is 0 Å². The third-order valence-corrected chi connectivity index (χ3v) is 2.37. The SMILES string of the molecule is O=C(O)c1ccc(C(F)F)cc1I. The van der Waals surface area contributed by atoms with Gasteiger partial charge < -0.3 is 5.11 Å². The Balaban J connectivity index is 3.13. The number of carboxylic acid groups (broad SMARTS) is 1. The highest BCUT2D eigenvalue weighted by molar-refractivity contribution is 14.1. The molecule has 1 rings (SSSR count). The molecular formula is C8H5F2IO2. The highest BCUT2D eigenvalue weighted by atomic mass is 127. The molecule has 0 amide bonds.